The first kappa shape index (κ1) is 19.1. The van der Waals surface area contributed by atoms with E-state index in [0.717, 1.165) is 0 Å². The van der Waals surface area contributed by atoms with Crippen molar-refractivity contribution in [3.8, 4) is 17.1 Å². The fourth-order valence-corrected chi connectivity index (χ4v) is 2.95. The molecule has 1 N–H and O–H groups in total. The first-order valence-corrected chi connectivity index (χ1v) is 9.32. The lowest BCUT2D eigenvalue weighted by molar-refractivity contribution is 0.101. The molecule has 0 saturated carbocycles. The van der Waals surface area contributed by atoms with Gasteiger partial charge in [0.15, 0.2) is 5.82 Å². The number of nitrogens with one attached hydrogen (secondary N) is 1. The van der Waals surface area contributed by atoms with Crippen LogP contribution in [0.15, 0.2) is 72.8 Å². The van der Waals surface area contributed by atoms with E-state index in [9.17, 15) is 9.18 Å². The summed E-state index contributed by atoms with van der Waals surface area (Å²) in [6, 6.07) is 19.8. The van der Waals surface area contributed by atoms with Crippen molar-refractivity contribution in [1.29, 1.82) is 0 Å². The van der Waals surface area contributed by atoms with E-state index in [4.69, 9.17) is 23.2 Å². The SMILES string of the molecule is O=C(Nc1ccccc1F)c1nc(-c2ccc(Cl)cc2)n(-c2ccc(Cl)cc2)n1. The van der Waals surface area contributed by atoms with Crippen LogP contribution >= 0.6 is 23.2 Å². The third-order valence-electron chi connectivity index (χ3n) is 4.11. The van der Waals surface area contributed by atoms with E-state index >= 15 is 0 Å². The number of hydrogen-bond acceptors (Lipinski definition) is 3. The molecule has 0 spiro atoms. The van der Waals surface area contributed by atoms with Crippen LogP contribution in [0, 0.1) is 5.82 Å². The Morgan fingerprint density at radius 1 is 0.897 bits per heavy atom. The molecule has 0 saturated heterocycles. The van der Waals surface area contributed by atoms with E-state index in [1.54, 1.807) is 54.6 Å². The Morgan fingerprint density at radius 2 is 1.52 bits per heavy atom. The molecule has 1 aromatic heterocycles. The Kier molecular flexibility index (Phi) is 5.29. The normalized spacial score (nSPS) is 10.7. The minimum atomic E-state index is -0.627. The molecule has 0 radical (unpaired) electrons. The Hall–Kier alpha value is -3.22. The predicted octanol–water partition coefficient (Wildman–Crippen LogP) is 5.63. The summed E-state index contributed by atoms with van der Waals surface area (Å²) in [7, 11) is 0. The molecule has 0 bridgehead atoms. The number of para-hydroxylation sites is 1. The molecule has 8 heteroatoms. The van der Waals surface area contributed by atoms with Gasteiger partial charge in [-0.05, 0) is 60.7 Å². The second kappa shape index (κ2) is 8.03. The van der Waals surface area contributed by atoms with Crippen LogP contribution in [0.2, 0.25) is 10.0 Å². The number of hydrogen-bond donors (Lipinski definition) is 1. The summed E-state index contributed by atoms with van der Waals surface area (Å²) < 4.78 is 15.4. The summed E-state index contributed by atoms with van der Waals surface area (Å²) in [6.07, 6.45) is 0. The number of nitrogens with zero attached hydrogens (tertiary/aromatic N) is 3. The number of amides is 1. The van der Waals surface area contributed by atoms with Crippen LogP contribution in [0.3, 0.4) is 0 Å². The first-order valence-electron chi connectivity index (χ1n) is 8.56. The lowest BCUT2D eigenvalue weighted by Crippen LogP contribution is -2.15. The van der Waals surface area contributed by atoms with Crippen molar-refractivity contribution >= 4 is 34.8 Å². The van der Waals surface area contributed by atoms with E-state index < -0.39 is 11.7 Å². The molecule has 0 fully saturated rings. The third kappa shape index (κ3) is 4.13. The van der Waals surface area contributed by atoms with Crippen LogP contribution in [0.4, 0.5) is 10.1 Å². The number of benzene rings is 3. The minimum Gasteiger partial charge on any atom is -0.317 e. The highest BCUT2D eigenvalue weighted by Crippen LogP contribution is 2.24. The quantitative estimate of drug-likeness (QED) is 0.459. The van der Waals surface area contributed by atoms with Gasteiger partial charge < -0.3 is 5.32 Å². The fourth-order valence-electron chi connectivity index (χ4n) is 2.70. The molecule has 4 rings (SSSR count). The number of rotatable bonds is 4. The van der Waals surface area contributed by atoms with Gasteiger partial charge in [0.25, 0.3) is 5.91 Å². The standard InChI is InChI=1S/C21H13Cl2FN4O/c22-14-7-5-13(6-8-14)20-26-19(21(29)25-18-4-2-1-3-17(18)24)27-28(20)16-11-9-15(23)10-12-16/h1-12H,(H,25,29). The smallest absolute Gasteiger partial charge is 0.295 e. The molecule has 144 valence electrons. The zero-order chi connectivity index (χ0) is 20.4. The maximum atomic E-state index is 13.9. The third-order valence-corrected chi connectivity index (χ3v) is 4.61. The zero-order valence-corrected chi connectivity index (χ0v) is 16.3. The monoisotopic (exact) mass is 426 g/mol. The van der Waals surface area contributed by atoms with Gasteiger partial charge in [-0.15, -0.1) is 5.10 Å². The molecule has 1 heterocycles. The van der Waals surface area contributed by atoms with Crippen LogP contribution < -0.4 is 5.32 Å². The van der Waals surface area contributed by atoms with Gasteiger partial charge in [0, 0.05) is 15.6 Å². The summed E-state index contributed by atoms with van der Waals surface area (Å²) >= 11 is 12.0. The average molecular weight is 427 g/mol. The van der Waals surface area contributed by atoms with E-state index in [1.807, 2.05) is 0 Å². The average Bonchev–Trinajstić information content (AvgIpc) is 3.16. The Morgan fingerprint density at radius 3 is 2.17 bits per heavy atom. The Bertz CT molecular complexity index is 1110. The topological polar surface area (TPSA) is 59.8 Å². The molecule has 0 aliphatic rings. The molecular weight excluding hydrogens is 414 g/mol. The number of aromatic nitrogens is 3. The summed E-state index contributed by atoms with van der Waals surface area (Å²) in [5, 5.41) is 7.97. The van der Waals surface area contributed by atoms with Crippen LogP contribution in [0.5, 0.6) is 0 Å². The maximum Gasteiger partial charge on any atom is 0.295 e. The number of halogens is 3. The van der Waals surface area contributed by atoms with Crippen molar-refractivity contribution in [2.24, 2.45) is 0 Å². The Labute approximate surface area is 175 Å². The first-order chi connectivity index (χ1) is 14.0. The molecule has 0 atom stereocenters. The van der Waals surface area contributed by atoms with E-state index in [2.05, 4.69) is 15.4 Å². The van der Waals surface area contributed by atoms with Crippen molar-refractivity contribution in [2.45, 2.75) is 0 Å². The van der Waals surface area contributed by atoms with Gasteiger partial charge in [0.05, 0.1) is 11.4 Å². The second-order valence-electron chi connectivity index (χ2n) is 6.09. The van der Waals surface area contributed by atoms with Gasteiger partial charge in [-0.1, -0.05) is 35.3 Å². The van der Waals surface area contributed by atoms with Crippen molar-refractivity contribution in [3.05, 3.63) is 94.5 Å². The van der Waals surface area contributed by atoms with Crippen molar-refractivity contribution in [2.75, 3.05) is 5.32 Å². The number of anilines is 1. The highest BCUT2D eigenvalue weighted by atomic mass is 35.5. The highest BCUT2D eigenvalue weighted by molar-refractivity contribution is 6.30. The van der Waals surface area contributed by atoms with Gasteiger partial charge >= 0.3 is 0 Å². The molecule has 0 aliphatic carbocycles. The maximum absolute atomic E-state index is 13.9. The minimum absolute atomic E-state index is 0.0494. The second-order valence-corrected chi connectivity index (χ2v) is 6.96. The summed E-state index contributed by atoms with van der Waals surface area (Å²) in [6.45, 7) is 0. The van der Waals surface area contributed by atoms with E-state index in [1.165, 1.54) is 22.9 Å². The van der Waals surface area contributed by atoms with Crippen molar-refractivity contribution < 1.29 is 9.18 Å². The molecule has 4 aromatic rings. The van der Waals surface area contributed by atoms with E-state index in [0.29, 0.717) is 27.1 Å². The lowest BCUT2D eigenvalue weighted by Gasteiger charge is -2.06. The Balaban J connectivity index is 1.76. The summed E-state index contributed by atoms with van der Waals surface area (Å²) in [4.78, 5) is 17.0. The molecule has 5 nitrogen and oxygen atoms in total. The van der Waals surface area contributed by atoms with Gasteiger partial charge in [0.1, 0.15) is 5.82 Å². The van der Waals surface area contributed by atoms with Crippen molar-refractivity contribution in [3.63, 3.8) is 0 Å². The highest BCUT2D eigenvalue weighted by Gasteiger charge is 2.20. The van der Waals surface area contributed by atoms with Crippen molar-refractivity contribution in [1.82, 2.24) is 14.8 Å². The van der Waals surface area contributed by atoms with Crippen LogP contribution in [-0.4, -0.2) is 20.7 Å². The van der Waals surface area contributed by atoms with Gasteiger partial charge in [-0.2, -0.15) is 0 Å². The predicted molar refractivity (Wildman–Crippen MR) is 111 cm³/mol. The molecule has 0 unspecified atom stereocenters. The molecular formula is C21H13Cl2FN4O. The summed E-state index contributed by atoms with van der Waals surface area (Å²) in [5.74, 6) is -0.843. The van der Waals surface area contributed by atoms with Gasteiger partial charge in [-0.3, -0.25) is 4.79 Å². The van der Waals surface area contributed by atoms with Crippen LogP contribution in [0.1, 0.15) is 10.6 Å². The molecule has 29 heavy (non-hydrogen) atoms. The number of carbonyl (C=O) groups excluding carboxylic acids is 1. The molecule has 3 aromatic carbocycles. The number of carbonyl (C=O) groups is 1. The zero-order valence-electron chi connectivity index (χ0n) is 14.8. The van der Waals surface area contributed by atoms with Crippen LogP contribution in [0.25, 0.3) is 17.1 Å². The van der Waals surface area contributed by atoms with Crippen LogP contribution in [-0.2, 0) is 0 Å². The molecule has 1 amide bonds. The van der Waals surface area contributed by atoms with E-state index in [-0.39, 0.29) is 11.5 Å². The largest absolute Gasteiger partial charge is 0.317 e. The van der Waals surface area contributed by atoms with Gasteiger partial charge in [-0.25, -0.2) is 14.1 Å². The lowest BCUT2D eigenvalue weighted by atomic mass is 10.2. The molecule has 0 aliphatic heterocycles. The van der Waals surface area contributed by atoms with Gasteiger partial charge in [0.2, 0.25) is 5.82 Å². The fraction of sp³-hybridized carbons (Fsp3) is 0. The summed E-state index contributed by atoms with van der Waals surface area (Å²) in [5.41, 5.74) is 1.42.